The molecule has 4 amide bonds. The molecule has 0 saturated heterocycles. The molecule has 0 aliphatic rings. The maximum Gasteiger partial charge on any atom is 0.259 e. The highest BCUT2D eigenvalue weighted by molar-refractivity contribution is 6.14. The van der Waals surface area contributed by atoms with Crippen molar-refractivity contribution in [2.24, 2.45) is 20.5 Å². The maximum atomic E-state index is 14.4. The summed E-state index contributed by atoms with van der Waals surface area (Å²) in [6.45, 7) is 8.06. The first-order chi connectivity index (χ1) is 38.0. The number of hydrogen-bond donors (Lipinski definition) is 6. The van der Waals surface area contributed by atoms with Crippen LogP contribution in [0.4, 0.5) is 45.5 Å². The number of phenolic OH excluding ortho intramolecular Hbond substituents is 2. The van der Waals surface area contributed by atoms with Crippen molar-refractivity contribution in [2.45, 2.75) is 40.5 Å². The molecule has 16 heteroatoms. The van der Waals surface area contributed by atoms with E-state index >= 15 is 0 Å². The van der Waals surface area contributed by atoms with E-state index in [1.165, 1.54) is 0 Å². The Hall–Kier alpha value is -10.2. The zero-order valence-corrected chi connectivity index (χ0v) is 43.1. The second kappa shape index (κ2) is 24.0. The van der Waals surface area contributed by atoms with E-state index in [1.54, 1.807) is 133 Å². The van der Waals surface area contributed by atoms with Gasteiger partial charge in [-0.3, -0.25) is 19.2 Å². The van der Waals surface area contributed by atoms with E-state index in [-0.39, 0.29) is 45.7 Å². The van der Waals surface area contributed by atoms with Gasteiger partial charge in [0.15, 0.2) is 11.5 Å². The van der Waals surface area contributed by atoms with E-state index in [2.05, 4.69) is 41.7 Å². The van der Waals surface area contributed by atoms with Gasteiger partial charge in [-0.05, 0) is 134 Å². The number of phenols is 2. The number of hydrogen-bond acceptors (Lipinski definition) is 12. The average molecular weight is 1040 g/mol. The van der Waals surface area contributed by atoms with Crippen LogP contribution in [0.25, 0.3) is 21.5 Å². The fraction of sp³-hybridized carbons (Fsp3) is 0.129. The summed E-state index contributed by atoms with van der Waals surface area (Å²) in [5, 5.41) is 55.6. The van der Waals surface area contributed by atoms with E-state index in [0.717, 1.165) is 0 Å². The van der Waals surface area contributed by atoms with E-state index in [9.17, 15) is 29.4 Å². The Morgan fingerprint density at radius 2 is 0.808 bits per heavy atom. The molecule has 0 heterocycles. The molecule has 0 spiro atoms. The molecule has 0 aromatic heterocycles. The van der Waals surface area contributed by atoms with Crippen molar-refractivity contribution in [3.63, 3.8) is 0 Å². The van der Waals surface area contributed by atoms with Crippen molar-refractivity contribution < 1.29 is 38.9 Å². The van der Waals surface area contributed by atoms with Gasteiger partial charge in [0.05, 0.1) is 24.3 Å². The molecular formula is C62H54N8O8. The van der Waals surface area contributed by atoms with E-state index in [1.807, 2.05) is 64.1 Å². The van der Waals surface area contributed by atoms with Crippen molar-refractivity contribution in [2.75, 3.05) is 34.5 Å². The van der Waals surface area contributed by atoms with Crippen LogP contribution in [0.5, 0.6) is 23.0 Å². The lowest BCUT2D eigenvalue weighted by Gasteiger charge is -2.18. The fourth-order valence-corrected chi connectivity index (χ4v) is 8.76. The third kappa shape index (κ3) is 11.7. The molecule has 0 saturated carbocycles. The highest BCUT2D eigenvalue weighted by atomic mass is 16.5. The summed E-state index contributed by atoms with van der Waals surface area (Å²) < 4.78 is 11.7. The number of carbonyl (C=O) groups excluding carboxylic acids is 4. The number of rotatable bonds is 18. The van der Waals surface area contributed by atoms with Gasteiger partial charge in [-0.2, -0.15) is 0 Å². The molecule has 9 aromatic rings. The molecule has 6 N–H and O–H groups in total. The summed E-state index contributed by atoms with van der Waals surface area (Å²) in [7, 11) is 0. The van der Waals surface area contributed by atoms with Crippen LogP contribution in [0.2, 0.25) is 0 Å². The van der Waals surface area contributed by atoms with Gasteiger partial charge in [-0.1, -0.05) is 98.8 Å². The van der Waals surface area contributed by atoms with Crippen LogP contribution in [0, 0.1) is 0 Å². The number of amides is 4. The van der Waals surface area contributed by atoms with Crippen molar-refractivity contribution in [3.8, 4) is 23.0 Å². The van der Waals surface area contributed by atoms with Crippen molar-refractivity contribution in [1.29, 1.82) is 0 Å². The van der Waals surface area contributed by atoms with Crippen molar-refractivity contribution >= 4 is 90.7 Å². The van der Waals surface area contributed by atoms with Crippen LogP contribution in [0.1, 0.15) is 80.3 Å². The third-order valence-corrected chi connectivity index (χ3v) is 12.7. The maximum absolute atomic E-state index is 14.4. The monoisotopic (exact) mass is 1040 g/mol. The van der Waals surface area contributed by atoms with Gasteiger partial charge < -0.3 is 41.0 Å². The topological polar surface area (TPSA) is 225 Å². The molecular weight excluding hydrogens is 985 g/mol. The van der Waals surface area contributed by atoms with Crippen molar-refractivity contribution in [3.05, 3.63) is 203 Å². The van der Waals surface area contributed by atoms with Gasteiger partial charge in [0.2, 0.25) is 0 Å². The Kier molecular flexibility index (Phi) is 16.2. The smallest absolute Gasteiger partial charge is 0.259 e. The Morgan fingerprint density at radius 3 is 1.19 bits per heavy atom. The van der Waals surface area contributed by atoms with Crippen LogP contribution in [-0.2, 0) is 12.8 Å². The first-order valence-electron chi connectivity index (χ1n) is 25.3. The second-order valence-electron chi connectivity index (χ2n) is 17.7. The lowest BCUT2D eigenvalue weighted by Crippen LogP contribution is -2.16. The molecule has 0 bridgehead atoms. The number of carbonyl (C=O) groups is 4. The highest BCUT2D eigenvalue weighted by Crippen LogP contribution is 2.43. The molecule has 9 aromatic carbocycles. The quantitative estimate of drug-likeness (QED) is 0.0452. The minimum Gasteiger partial charge on any atom is -0.505 e. The zero-order valence-electron chi connectivity index (χ0n) is 43.1. The molecule has 0 atom stereocenters. The summed E-state index contributed by atoms with van der Waals surface area (Å²) in [4.78, 5) is 55.3. The summed E-state index contributed by atoms with van der Waals surface area (Å²) in [6.07, 6.45) is 0.863. The number of para-hydroxylation sites is 2. The highest BCUT2D eigenvalue weighted by Gasteiger charge is 2.24. The Morgan fingerprint density at radius 1 is 0.423 bits per heavy atom. The second-order valence-corrected chi connectivity index (χ2v) is 17.7. The molecule has 0 aliphatic carbocycles. The predicted octanol–water partition coefficient (Wildman–Crippen LogP) is 15.2. The van der Waals surface area contributed by atoms with Gasteiger partial charge in [-0.15, -0.1) is 20.5 Å². The number of benzene rings is 9. The molecule has 78 heavy (non-hydrogen) atoms. The van der Waals surface area contributed by atoms with Gasteiger partial charge in [0, 0.05) is 44.6 Å². The lowest BCUT2D eigenvalue weighted by atomic mass is 10.00. The fourth-order valence-electron chi connectivity index (χ4n) is 8.76. The molecule has 0 aliphatic heterocycles. The SMILES string of the molecule is CCOc1ccc(C(=O)Nc2ccccc2)cc1N=Nc1c(O)c(C(=O)Nc2cc(CC)c(NC(=O)c3cc4ccccc4c(N=Nc4cc(C(=O)Nc5ccccc5)ccc4OCC)c3O)cc2CC)cc2ccccc12. The largest absolute Gasteiger partial charge is 0.505 e. The lowest BCUT2D eigenvalue weighted by molar-refractivity contribution is 0.101. The summed E-state index contributed by atoms with van der Waals surface area (Å²) in [5.41, 5.74) is 4.41. The van der Waals surface area contributed by atoms with Gasteiger partial charge in [0.25, 0.3) is 23.6 Å². The van der Waals surface area contributed by atoms with Gasteiger partial charge >= 0.3 is 0 Å². The number of aryl methyl sites for hydroxylation is 2. The number of nitrogens with one attached hydrogen (secondary N) is 4. The molecule has 9 rings (SSSR count). The van der Waals surface area contributed by atoms with E-state index in [0.29, 0.717) is 104 Å². The zero-order chi connectivity index (χ0) is 54.7. The van der Waals surface area contributed by atoms with Crippen LogP contribution in [0.15, 0.2) is 190 Å². The minimum absolute atomic E-state index is 0.0254. The molecule has 16 nitrogen and oxygen atoms in total. The van der Waals surface area contributed by atoms with Crippen LogP contribution in [0.3, 0.4) is 0 Å². The first kappa shape index (κ1) is 52.6. The standard InChI is InChI=1S/C62H54N8O8/c1-5-37-33-50(66-62(76)48-32-40-20-16-18-26-46(40)56(58(48)72)70-68-52-36-42(28-30-54(52)78-8-4)60(74)64-44-23-13-10-14-24-44)38(6-2)34-49(37)65-61(75)47-31-39-19-15-17-25-45(39)55(57(47)71)69-67-51-35-41(27-29-53(51)77-7-3)59(73)63-43-21-11-9-12-22-43/h9-36,71-72H,5-8H2,1-4H3,(H,63,73)(H,64,74)(H,65,75)(H,66,76). The van der Waals surface area contributed by atoms with E-state index in [4.69, 9.17) is 9.47 Å². The predicted molar refractivity (Wildman–Crippen MR) is 305 cm³/mol. The van der Waals surface area contributed by atoms with Crippen LogP contribution >= 0.6 is 0 Å². The summed E-state index contributed by atoms with van der Waals surface area (Å²) in [5.74, 6) is -2.13. The normalized spacial score (nSPS) is 11.2. The Labute approximate surface area is 449 Å². The van der Waals surface area contributed by atoms with Crippen LogP contribution in [-0.4, -0.2) is 47.1 Å². The Bertz CT molecular complexity index is 3560. The van der Waals surface area contributed by atoms with Gasteiger partial charge in [-0.25, -0.2) is 0 Å². The third-order valence-electron chi connectivity index (χ3n) is 12.7. The van der Waals surface area contributed by atoms with Crippen LogP contribution < -0.4 is 30.7 Å². The molecule has 0 radical (unpaired) electrons. The number of nitrogens with zero attached hydrogens (tertiary/aromatic N) is 4. The Balaban J connectivity index is 0.992. The van der Waals surface area contributed by atoms with Crippen molar-refractivity contribution in [1.82, 2.24) is 0 Å². The molecule has 0 fully saturated rings. The minimum atomic E-state index is -0.629. The number of aromatic hydroxyl groups is 2. The number of anilines is 4. The molecule has 0 unspecified atom stereocenters. The number of fused-ring (bicyclic) bond motifs is 2. The van der Waals surface area contributed by atoms with Gasteiger partial charge in [0.1, 0.15) is 34.2 Å². The summed E-state index contributed by atoms with van der Waals surface area (Å²) in [6, 6.07) is 48.6. The van der Waals surface area contributed by atoms with E-state index < -0.39 is 23.3 Å². The number of azo groups is 2. The first-order valence-corrected chi connectivity index (χ1v) is 25.3. The average Bonchev–Trinajstić information content (AvgIpc) is 3.60. The number of ether oxygens (including phenoxy) is 2. The molecule has 390 valence electrons. The summed E-state index contributed by atoms with van der Waals surface area (Å²) >= 11 is 0.